The zero-order chi connectivity index (χ0) is 14.8. The molecule has 2 nitrogen and oxygen atoms in total. The third kappa shape index (κ3) is 2.57. The van der Waals surface area contributed by atoms with Crippen LogP contribution in [-0.2, 0) is 13.0 Å². The molecular weight excluding hydrogens is 265 g/mol. The molecule has 0 radical (unpaired) electrons. The van der Waals surface area contributed by atoms with Crippen molar-refractivity contribution in [1.82, 2.24) is 4.57 Å². The number of halogens is 1. The molecule has 2 aromatic carbocycles. The average molecular weight is 283 g/mol. The summed E-state index contributed by atoms with van der Waals surface area (Å²) in [6.07, 6.45) is 0.549. The van der Waals surface area contributed by atoms with E-state index >= 15 is 0 Å². The Morgan fingerprint density at radius 2 is 1.86 bits per heavy atom. The highest BCUT2D eigenvalue weighted by atomic mass is 19.1. The Balaban J connectivity index is 2.15. The third-order valence-corrected chi connectivity index (χ3v) is 3.96. The lowest BCUT2D eigenvalue weighted by molar-refractivity contribution is 0.299. The number of aliphatic hydroxyl groups is 1. The molecule has 0 aliphatic rings. The van der Waals surface area contributed by atoms with Gasteiger partial charge in [0.15, 0.2) is 0 Å². The van der Waals surface area contributed by atoms with Gasteiger partial charge in [-0.05, 0) is 42.7 Å². The van der Waals surface area contributed by atoms with Crippen molar-refractivity contribution < 1.29 is 9.50 Å². The molecule has 0 amide bonds. The van der Waals surface area contributed by atoms with E-state index < -0.39 is 0 Å². The molecule has 0 unspecified atom stereocenters. The fourth-order valence-corrected chi connectivity index (χ4v) is 2.92. The molecule has 3 rings (SSSR count). The molecule has 3 heteroatoms. The molecule has 0 saturated heterocycles. The molecule has 0 bridgehead atoms. The first-order valence-corrected chi connectivity index (χ1v) is 7.12. The highest BCUT2D eigenvalue weighted by Gasteiger charge is 2.14. The minimum absolute atomic E-state index is 0.0712. The summed E-state index contributed by atoms with van der Waals surface area (Å²) in [5.41, 5.74) is 4.34. The molecule has 0 saturated carbocycles. The lowest BCUT2D eigenvalue weighted by atomic mass is 10.1. The summed E-state index contributed by atoms with van der Waals surface area (Å²) in [7, 11) is 0. The van der Waals surface area contributed by atoms with E-state index in [0.29, 0.717) is 6.42 Å². The Kier molecular flexibility index (Phi) is 3.76. The second-order valence-electron chi connectivity index (χ2n) is 5.27. The van der Waals surface area contributed by atoms with Crippen LogP contribution < -0.4 is 0 Å². The molecule has 0 spiro atoms. The second-order valence-corrected chi connectivity index (χ2v) is 5.27. The van der Waals surface area contributed by atoms with Crippen molar-refractivity contribution in [3.05, 3.63) is 71.2 Å². The van der Waals surface area contributed by atoms with Crippen LogP contribution in [0.3, 0.4) is 0 Å². The van der Waals surface area contributed by atoms with Crippen LogP contribution in [0.4, 0.5) is 4.39 Å². The number of rotatable bonds is 4. The van der Waals surface area contributed by atoms with Gasteiger partial charge in [-0.3, -0.25) is 0 Å². The van der Waals surface area contributed by atoms with Crippen LogP contribution in [0, 0.1) is 12.7 Å². The number of hydrogen-bond donors (Lipinski definition) is 1. The summed E-state index contributed by atoms with van der Waals surface area (Å²) >= 11 is 0. The molecule has 1 heterocycles. The number of aromatic nitrogens is 1. The van der Waals surface area contributed by atoms with Gasteiger partial charge in [-0.15, -0.1) is 0 Å². The zero-order valence-corrected chi connectivity index (χ0v) is 12.0. The molecule has 1 aromatic heterocycles. The smallest absolute Gasteiger partial charge is 0.123 e. The summed E-state index contributed by atoms with van der Waals surface area (Å²) in [5, 5.41) is 10.2. The molecule has 1 N–H and O–H groups in total. The van der Waals surface area contributed by atoms with Crippen LogP contribution in [0.1, 0.15) is 16.8 Å². The maximum absolute atomic E-state index is 13.6. The normalized spacial score (nSPS) is 11.2. The molecule has 0 aliphatic heterocycles. The minimum atomic E-state index is -0.237. The fraction of sp³-hybridized carbons (Fsp3) is 0.222. The van der Waals surface area contributed by atoms with Gasteiger partial charge in [0, 0.05) is 29.7 Å². The SMILES string of the molecule is Cc1c(CCO)c2cc(F)ccc2n1Cc1ccccc1. The highest BCUT2D eigenvalue weighted by molar-refractivity contribution is 5.85. The van der Waals surface area contributed by atoms with Gasteiger partial charge in [0.2, 0.25) is 0 Å². The van der Waals surface area contributed by atoms with Crippen molar-refractivity contribution in [2.45, 2.75) is 19.9 Å². The Labute approximate surface area is 123 Å². The van der Waals surface area contributed by atoms with E-state index in [2.05, 4.69) is 16.7 Å². The summed E-state index contributed by atoms with van der Waals surface area (Å²) in [4.78, 5) is 0. The monoisotopic (exact) mass is 283 g/mol. The van der Waals surface area contributed by atoms with E-state index in [1.54, 1.807) is 6.07 Å². The van der Waals surface area contributed by atoms with Crippen LogP contribution in [0.5, 0.6) is 0 Å². The van der Waals surface area contributed by atoms with Gasteiger partial charge < -0.3 is 9.67 Å². The second kappa shape index (κ2) is 5.70. The third-order valence-electron chi connectivity index (χ3n) is 3.96. The lowest BCUT2D eigenvalue weighted by Gasteiger charge is -2.09. The van der Waals surface area contributed by atoms with Crippen LogP contribution in [0.15, 0.2) is 48.5 Å². The fourth-order valence-electron chi connectivity index (χ4n) is 2.92. The molecule has 0 aliphatic carbocycles. The van der Waals surface area contributed by atoms with Gasteiger partial charge in [-0.2, -0.15) is 0 Å². The van der Waals surface area contributed by atoms with E-state index in [9.17, 15) is 9.50 Å². The Morgan fingerprint density at radius 1 is 1.10 bits per heavy atom. The number of hydrogen-bond acceptors (Lipinski definition) is 1. The lowest BCUT2D eigenvalue weighted by Crippen LogP contribution is -2.02. The Morgan fingerprint density at radius 3 is 2.57 bits per heavy atom. The molecule has 0 atom stereocenters. The van der Waals surface area contributed by atoms with E-state index in [4.69, 9.17) is 0 Å². The maximum atomic E-state index is 13.6. The highest BCUT2D eigenvalue weighted by Crippen LogP contribution is 2.28. The number of aliphatic hydroxyl groups excluding tert-OH is 1. The standard InChI is InChI=1S/C18H18FNO/c1-13-16(9-10-21)17-11-15(19)7-8-18(17)20(13)12-14-5-3-2-4-6-14/h2-8,11,21H,9-10,12H2,1H3. The first kappa shape index (κ1) is 13.8. The van der Waals surface area contributed by atoms with E-state index in [-0.39, 0.29) is 12.4 Å². The number of fused-ring (bicyclic) bond motifs is 1. The summed E-state index contributed by atoms with van der Waals surface area (Å²) < 4.78 is 15.7. The first-order chi connectivity index (χ1) is 10.2. The van der Waals surface area contributed by atoms with Crippen molar-refractivity contribution in [3.8, 4) is 0 Å². The quantitative estimate of drug-likeness (QED) is 0.776. The minimum Gasteiger partial charge on any atom is -0.396 e. The van der Waals surface area contributed by atoms with Crippen molar-refractivity contribution in [2.75, 3.05) is 6.61 Å². The van der Waals surface area contributed by atoms with Crippen molar-refractivity contribution >= 4 is 10.9 Å². The van der Waals surface area contributed by atoms with Gasteiger partial charge in [0.05, 0.1) is 0 Å². The summed E-state index contributed by atoms with van der Waals surface area (Å²) in [6.45, 7) is 2.86. The summed E-state index contributed by atoms with van der Waals surface area (Å²) in [5.74, 6) is -0.237. The molecule has 3 aromatic rings. The summed E-state index contributed by atoms with van der Waals surface area (Å²) in [6, 6.07) is 15.1. The van der Waals surface area contributed by atoms with Crippen LogP contribution in [0.25, 0.3) is 10.9 Å². The largest absolute Gasteiger partial charge is 0.396 e. The molecule has 108 valence electrons. The zero-order valence-electron chi connectivity index (χ0n) is 12.0. The van der Waals surface area contributed by atoms with Gasteiger partial charge in [0.1, 0.15) is 5.82 Å². The van der Waals surface area contributed by atoms with Crippen LogP contribution in [-0.4, -0.2) is 16.3 Å². The van der Waals surface area contributed by atoms with E-state index in [0.717, 1.165) is 28.7 Å². The van der Waals surface area contributed by atoms with Gasteiger partial charge in [-0.25, -0.2) is 4.39 Å². The van der Waals surface area contributed by atoms with Crippen molar-refractivity contribution in [2.24, 2.45) is 0 Å². The van der Waals surface area contributed by atoms with Crippen molar-refractivity contribution in [1.29, 1.82) is 0 Å². The topological polar surface area (TPSA) is 25.2 Å². The van der Waals surface area contributed by atoms with Gasteiger partial charge >= 0.3 is 0 Å². The first-order valence-electron chi connectivity index (χ1n) is 7.12. The maximum Gasteiger partial charge on any atom is 0.123 e. The van der Waals surface area contributed by atoms with E-state index in [1.807, 2.05) is 31.2 Å². The average Bonchev–Trinajstić information content (AvgIpc) is 2.74. The molecule has 0 fully saturated rings. The Bertz CT molecular complexity index is 762. The Hall–Kier alpha value is -2.13. The van der Waals surface area contributed by atoms with Crippen LogP contribution >= 0.6 is 0 Å². The van der Waals surface area contributed by atoms with Gasteiger partial charge in [-0.1, -0.05) is 30.3 Å². The predicted molar refractivity (Wildman–Crippen MR) is 83.0 cm³/mol. The number of nitrogens with zero attached hydrogens (tertiary/aromatic N) is 1. The molecule has 21 heavy (non-hydrogen) atoms. The van der Waals surface area contributed by atoms with Gasteiger partial charge in [0.25, 0.3) is 0 Å². The predicted octanol–water partition coefficient (Wildman–Crippen LogP) is 3.67. The van der Waals surface area contributed by atoms with Crippen LogP contribution in [0.2, 0.25) is 0 Å². The van der Waals surface area contributed by atoms with Crippen molar-refractivity contribution in [3.63, 3.8) is 0 Å². The number of benzene rings is 2. The molecular formula is C18H18FNO. The van der Waals surface area contributed by atoms with E-state index in [1.165, 1.54) is 11.6 Å².